The van der Waals surface area contributed by atoms with Crippen LogP contribution < -0.4 is 5.32 Å². The highest BCUT2D eigenvalue weighted by Gasteiger charge is 2.31. The molecule has 0 saturated carbocycles. The maximum Gasteiger partial charge on any atom is 0.223 e. The van der Waals surface area contributed by atoms with E-state index in [-0.39, 0.29) is 5.41 Å². The van der Waals surface area contributed by atoms with Crippen molar-refractivity contribution in [2.45, 2.75) is 45.1 Å². The fraction of sp³-hybridized carbons (Fsp3) is 0.643. The number of aryl methyl sites for hydroxylation is 3. The van der Waals surface area contributed by atoms with Crippen LogP contribution in [0.25, 0.3) is 0 Å². The molecule has 3 rings (SSSR count). The predicted octanol–water partition coefficient (Wildman–Crippen LogP) is 1.46. The second-order valence-corrected chi connectivity index (χ2v) is 5.76. The molecule has 108 valence electrons. The van der Waals surface area contributed by atoms with Crippen LogP contribution in [0.2, 0.25) is 0 Å². The molecule has 1 aliphatic heterocycles. The van der Waals surface area contributed by atoms with Gasteiger partial charge in [-0.15, -0.1) is 0 Å². The molecule has 20 heavy (non-hydrogen) atoms. The molecule has 0 radical (unpaired) electrons. The minimum Gasteiger partial charge on any atom is -0.340 e. The van der Waals surface area contributed by atoms with E-state index < -0.39 is 0 Å². The van der Waals surface area contributed by atoms with Gasteiger partial charge in [-0.25, -0.2) is 4.98 Å². The minimum absolute atomic E-state index is 0.217. The molecule has 3 heterocycles. The number of nitrogens with one attached hydrogen (secondary N) is 1. The van der Waals surface area contributed by atoms with Gasteiger partial charge in [-0.05, 0) is 25.9 Å². The summed E-state index contributed by atoms with van der Waals surface area (Å²) >= 11 is 0. The lowest BCUT2D eigenvalue weighted by molar-refractivity contribution is 0.316. The summed E-state index contributed by atoms with van der Waals surface area (Å²) in [6.45, 7) is 7.14. The summed E-state index contributed by atoms with van der Waals surface area (Å²) in [6.07, 6.45) is 7.00. The maximum absolute atomic E-state index is 5.01. The summed E-state index contributed by atoms with van der Waals surface area (Å²) in [7, 11) is 0. The van der Waals surface area contributed by atoms with Crippen LogP contribution in [0, 0.1) is 6.92 Å². The fourth-order valence-electron chi connectivity index (χ4n) is 2.90. The zero-order valence-corrected chi connectivity index (χ0v) is 12.1. The van der Waals surface area contributed by atoms with Crippen molar-refractivity contribution in [3.8, 4) is 0 Å². The molecule has 1 fully saturated rings. The van der Waals surface area contributed by atoms with Crippen molar-refractivity contribution in [1.29, 1.82) is 0 Å². The van der Waals surface area contributed by atoms with Crippen LogP contribution in [0.3, 0.4) is 0 Å². The quantitative estimate of drug-likeness (QED) is 0.915. The van der Waals surface area contributed by atoms with E-state index in [1.165, 1.54) is 5.69 Å². The van der Waals surface area contributed by atoms with E-state index in [1.54, 1.807) is 0 Å². The smallest absolute Gasteiger partial charge is 0.223 e. The summed E-state index contributed by atoms with van der Waals surface area (Å²) < 4.78 is 7.24. The van der Waals surface area contributed by atoms with Gasteiger partial charge in [0.15, 0.2) is 5.82 Å². The molecule has 1 N–H and O–H groups in total. The summed E-state index contributed by atoms with van der Waals surface area (Å²) in [6, 6.07) is 0. The Balaban J connectivity index is 1.73. The molecule has 0 spiro atoms. The first kappa shape index (κ1) is 13.3. The van der Waals surface area contributed by atoms with Crippen LogP contribution in [0.15, 0.2) is 17.0 Å². The molecular weight excluding hydrogens is 254 g/mol. The molecular formula is C14H21N5O. The standard InChI is InChI=1S/C14H21N5O/c1-11-17-13(18-20-11)3-8-19-10-16-9-12(19)14(2)4-6-15-7-5-14/h9-10,15H,3-8H2,1-2H3. The fourth-order valence-corrected chi connectivity index (χ4v) is 2.90. The van der Waals surface area contributed by atoms with Gasteiger partial charge < -0.3 is 14.4 Å². The van der Waals surface area contributed by atoms with E-state index in [2.05, 4.69) is 31.9 Å². The Morgan fingerprint density at radius 2 is 2.20 bits per heavy atom. The van der Waals surface area contributed by atoms with Gasteiger partial charge in [0.25, 0.3) is 0 Å². The number of nitrogens with zero attached hydrogens (tertiary/aromatic N) is 4. The van der Waals surface area contributed by atoms with Crippen molar-refractivity contribution in [1.82, 2.24) is 25.0 Å². The highest BCUT2D eigenvalue weighted by atomic mass is 16.5. The van der Waals surface area contributed by atoms with Crippen molar-refractivity contribution in [3.63, 3.8) is 0 Å². The largest absolute Gasteiger partial charge is 0.340 e. The Kier molecular flexibility index (Phi) is 3.56. The monoisotopic (exact) mass is 275 g/mol. The summed E-state index contributed by atoms with van der Waals surface area (Å²) in [5.41, 5.74) is 1.54. The van der Waals surface area contributed by atoms with E-state index in [1.807, 2.05) is 19.4 Å². The van der Waals surface area contributed by atoms with Crippen LogP contribution in [-0.4, -0.2) is 32.8 Å². The molecule has 0 aromatic carbocycles. The molecule has 1 saturated heterocycles. The van der Waals surface area contributed by atoms with Gasteiger partial charge >= 0.3 is 0 Å². The lowest BCUT2D eigenvalue weighted by Crippen LogP contribution is -2.39. The van der Waals surface area contributed by atoms with Gasteiger partial charge in [-0.1, -0.05) is 12.1 Å². The molecule has 2 aromatic heterocycles. The Morgan fingerprint density at radius 1 is 1.40 bits per heavy atom. The first-order valence-electron chi connectivity index (χ1n) is 7.18. The van der Waals surface area contributed by atoms with Crippen LogP contribution in [0.1, 0.15) is 37.2 Å². The summed E-state index contributed by atoms with van der Waals surface area (Å²) in [5.74, 6) is 1.38. The lowest BCUT2D eigenvalue weighted by atomic mass is 9.78. The molecule has 0 bridgehead atoms. The number of piperidine rings is 1. The van der Waals surface area contributed by atoms with Crippen LogP contribution in [0.4, 0.5) is 0 Å². The molecule has 0 amide bonds. The molecule has 0 unspecified atom stereocenters. The summed E-state index contributed by atoms with van der Waals surface area (Å²) in [5, 5.41) is 7.36. The Bertz CT molecular complexity index is 568. The van der Waals surface area contributed by atoms with Crippen molar-refractivity contribution in [2.75, 3.05) is 13.1 Å². The molecule has 6 nitrogen and oxygen atoms in total. The Hall–Kier alpha value is -1.69. The average Bonchev–Trinajstić information content (AvgIpc) is 3.06. The van der Waals surface area contributed by atoms with Gasteiger partial charge in [0.1, 0.15) is 0 Å². The van der Waals surface area contributed by atoms with Crippen molar-refractivity contribution < 1.29 is 4.52 Å². The van der Waals surface area contributed by atoms with E-state index in [9.17, 15) is 0 Å². The van der Waals surface area contributed by atoms with Crippen molar-refractivity contribution in [2.24, 2.45) is 0 Å². The third-order valence-corrected chi connectivity index (χ3v) is 4.18. The van der Waals surface area contributed by atoms with Gasteiger partial charge in [0.2, 0.25) is 5.89 Å². The predicted molar refractivity (Wildman–Crippen MR) is 74.4 cm³/mol. The third kappa shape index (κ3) is 2.60. The molecule has 0 aliphatic carbocycles. The highest BCUT2D eigenvalue weighted by molar-refractivity contribution is 5.15. The topological polar surface area (TPSA) is 68.8 Å². The number of hydrogen-bond acceptors (Lipinski definition) is 5. The number of aromatic nitrogens is 4. The van der Waals surface area contributed by atoms with Crippen molar-refractivity contribution in [3.05, 3.63) is 29.9 Å². The Labute approximate surface area is 118 Å². The summed E-state index contributed by atoms with van der Waals surface area (Å²) in [4.78, 5) is 8.59. The average molecular weight is 275 g/mol. The normalized spacial score (nSPS) is 18.3. The minimum atomic E-state index is 0.217. The molecule has 0 atom stereocenters. The van der Waals surface area contributed by atoms with E-state index >= 15 is 0 Å². The van der Waals surface area contributed by atoms with Crippen molar-refractivity contribution >= 4 is 0 Å². The van der Waals surface area contributed by atoms with Crippen LogP contribution in [0.5, 0.6) is 0 Å². The number of rotatable bonds is 4. The highest BCUT2D eigenvalue weighted by Crippen LogP contribution is 2.32. The first-order chi connectivity index (χ1) is 9.67. The van der Waals surface area contributed by atoms with Gasteiger partial charge in [0.05, 0.1) is 6.33 Å². The van der Waals surface area contributed by atoms with E-state index in [0.29, 0.717) is 5.89 Å². The second-order valence-electron chi connectivity index (χ2n) is 5.76. The number of imidazole rings is 1. The zero-order chi connectivity index (χ0) is 14.0. The van der Waals surface area contributed by atoms with E-state index in [0.717, 1.165) is 44.7 Å². The van der Waals surface area contributed by atoms with Gasteiger partial charge in [0, 0.05) is 37.2 Å². The Morgan fingerprint density at radius 3 is 2.90 bits per heavy atom. The SMILES string of the molecule is Cc1nc(CCn2cncc2C2(C)CCNCC2)no1. The molecule has 2 aromatic rings. The maximum atomic E-state index is 5.01. The molecule has 1 aliphatic rings. The van der Waals surface area contributed by atoms with E-state index in [4.69, 9.17) is 4.52 Å². The lowest BCUT2D eigenvalue weighted by Gasteiger charge is -2.34. The van der Waals surface area contributed by atoms with Crippen LogP contribution in [-0.2, 0) is 18.4 Å². The zero-order valence-electron chi connectivity index (χ0n) is 12.1. The van der Waals surface area contributed by atoms with Gasteiger partial charge in [-0.3, -0.25) is 0 Å². The number of hydrogen-bond donors (Lipinski definition) is 1. The van der Waals surface area contributed by atoms with Crippen LogP contribution >= 0.6 is 0 Å². The third-order valence-electron chi connectivity index (χ3n) is 4.18. The van der Waals surface area contributed by atoms with Gasteiger partial charge in [-0.2, -0.15) is 4.98 Å². The second kappa shape index (κ2) is 5.36. The first-order valence-corrected chi connectivity index (χ1v) is 7.18. The molecule has 6 heteroatoms.